The average Bonchev–Trinajstić information content (AvgIpc) is 3.55. The van der Waals surface area contributed by atoms with Gasteiger partial charge in [0.1, 0.15) is 12.7 Å². The van der Waals surface area contributed by atoms with Crippen LogP contribution in [0.1, 0.15) is 43.4 Å². The molecule has 4 aromatic rings. The maximum atomic E-state index is 10.6. The smallest absolute Gasteiger partial charge is 0.123 e. The molecule has 1 aliphatic rings. The van der Waals surface area contributed by atoms with Crippen LogP contribution in [-0.2, 0) is 6.42 Å². The quantitative estimate of drug-likeness (QED) is 0.355. The maximum Gasteiger partial charge on any atom is 0.123 e. The van der Waals surface area contributed by atoms with Gasteiger partial charge in [-0.05, 0) is 81.6 Å². The van der Waals surface area contributed by atoms with E-state index in [4.69, 9.17) is 0 Å². The molecule has 3 N–H and O–H groups in total. The predicted molar refractivity (Wildman–Crippen MR) is 135 cm³/mol. The van der Waals surface area contributed by atoms with Crippen molar-refractivity contribution in [2.75, 3.05) is 19.6 Å². The third kappa shape index (κ3) is 5.22. The Hall–Kier alpha value is -3.00. The van der Waals surface area contributed by atoms with Gasteiger partial charge >= 0.3 is 0 Å². The van der Waals surface area contributed by atoms with Gasteiger partial charge in [0.05, 0.1) is 6.10 Å². The van der Waals surface area contributed by atoms with E-state index < -0.39 is 6.10 Å². The molecule has 1 aliphatic heterocycles. The minimum atomic E-state index is -0.471. The number of aryl methyl sites for hydroxylation is 1. The van der Waals surface area contributed by atoms with Crippen LogP contribution >= 0.6 is 0 Å². The van der Waals surface area contributed by atoms with Crippen LogP contribution in [-0.4, -0.2) is 61.5 Å². The molecule has 1 saturated heterocycles. The van der Waals surface area contributed by atoms with E-state index in [-0.39, 0.29) is 6.04 Å². The summed E-state index contributed by atoms with van der Waals surface area (Å²) in [5.74, 6) is 0. The Bertz CT molecular complexity index is 1160. The van der Waals surface area contributed by atoms with Crippen molar-refractivity contribution in [3.63, 3.8) is 0 Å². The first-order chi connectivity index (χ1) is 16.7. The number of fused-ring (bicyclic) bond motifs is 1. The number of aromatic nitrogens is 4. The molecule has 0 unspecified atom stereocenters. The second-order valence-electron chi connectivity index (χ2n) is 9.44. The first-order valence-corrected chi connectivity index (χ1v) is 12.3. The van der Waals surface area contributed by atoms with Gasteiger partial charge in [-0.1, -0.05) is 30.3 Å². The summed E-state index contributed by atoms with van der Waals surface area (Å²) >= 11 is 0. The van der Waals surface area contributed by atoms with Gasteiger partial charge in [0.15, 0.2) is 0 Å². The largest absolute Gasteiger partial charge is 0.387 e. The van der Waals surface area contributed by atoms with Gasteiger partial charge in [-0.25, -0.2) is 0 Å². The van der Waals surface area contributed by atoms with E-state index in [1.54, 1.807) is 12.7 Å². The highest BCUT2D eigenvalue weighted by Crippen LogP contribution is 2.23. The first-order valence-electron chi connectivity index (χ1n) is 12.3. The number of nitrogens with zero attached hydrogens (tertiary/aromatic N) is 4. The molecule has 0 radical (unpaired) electrons. The summed E-state index contributed by atoms with van der Waals surface area (Å²) in [5, 5.41) is 23.4. The van der Waals surface area contributed by atoms with Crippen molar-refractivity contribution in [2.24, 2.45) is 0 Å². The molecule has 2 aromatic carbocycles. The van der Waals surface area contributed by atoms with Crippen LogP contribution < -0.4 is 5.32 Å². The number of aliphatic hydroxyl groups is 1. The molecule has 7 nitrogen and oxygen atoms in total. The molecular weight excluding hydrogens is 424 g/mol. The summed E-state index contributed by atoms with van der Waals surface area (Å²) in [5.41, 5.74) is 4.60. The van der Waals surface area contributed by atoms with Crippen molar-refractivity contribution < 1.29 is 5.11 Å². The topological polar surface area (TPSA) is 82.0 Å². The molecule has 7 heteroatoms. The van der Waals surface area contributed by atoms with Crippen molar-refractivity contribution >= 4 is 10.9 Å². The van der Waals surface area contributed by atoms with E-state index in [1.807, 2.05) is 34.9 Å². The molecule has 0 aliphatic carbocycles. The van der Waals surface area contributed by atoms with Crippen molar-refractivity contribution in [3.05, 3.63) is 78.5 Å². The van der Waals surface area contributed by atoms with Crippen LogP contribution in [0.2, 0.25) is 0 Å². The molecule has 2 atom stereocenters. The van der Waals surface area contributed by atoms with Crippen LogP contribution in [0.15, 0.2) is 67.4 Å². The standard InChI is InChI=1S/C27H34N6O/c1-20(27(34)21-6-3-2-4-7-21)31-23-11-14-32(15-12-23)13-5-8-22-17-28-26-10-9-24(16-25(22)26)33-18-29-30-19-33/h2-4,6-7,9-10,16-20,23,27-28,31,34H,5,8,11-15H2,1H3/t20-,27-/m1/s1. The van der Waals surface area contributed by atoms with Gasteiger partial charge in [-0.2, -0.15) is 0 Å². The minimum Gasteiger partial charge on any atom is -0.387 e. The Morgan fingerprint density at radius 2 is 1.85 bits per heavy atom. The van der Waals surface area contributed by atoms with Crippen LogP contribution in [0.4, 0.5) is 0 Å². The fourth-order valence-electron chi connectivity index (χ4n) is 5.09. The van der Waals surface area contributed by atoms with E-state index in [9.17, 15) is 5.11 Å². The number of likely N-dealkylation sites (tertiary alicyclic amines) is 1. The number of piperidine rings is 1. The lowest BCUT2D eigenvalue weighted by molar-refractivity contribution is 0.115. The second-order valence-corrected chi connectivity index (χ2v) is 9.44. The Balaban J connectivity index is 1.08. The van der Waals surface area contributed by atoms with E-state index in [2.05, 4.69) is 56.7 Å². The lowest BCUT2D eigenvalue weighted by atomic mass is 9.99. The number of aromatic amines is 1. The molecular formula is C27H34N6O. The van der Waals surface area contributed by atoms with Crippen molar-refractivity contribution in [3.8, 4) is 5.69 Å². The summed E-state index contributed by atoms with van der Waals surface area (Å²) in [7, 11) is 0. The number of rotatable bonds is 9. The zero-order valence-corrected chi connectivity index (χ0v) is 19.8. The van der Waals surface area contributed by atoms with Gasteiger partial charge in [-0.3, -0.25) is 4.57 Å². The Kier molecular flexibility index (Phi) is 7.04. The van der Waals surface area contributed by atoms with Crippen LogP contribution in [0.5, 0.6) is 0 Å². The van der Waals surface area contributed by atoms with Gasteiger partial charge in [0.25, 0.3) is 0 Å². The van der Waals surface area contributed by atoms with E-state index >= 15 is 0 Å². The molecule has 0 bridgehead atoms. The number of benzene rings is 2. The van der Waals surface area contributed by atoms with Crippen LogP contribution in [0.25, 0.3) is 16.6 Å². The van der Waals surface area contributed by atoms with Crippen LogP contribution in [0.3, 0.4) is 0 Å². The molecule has 1 fully saturated rings. The zero-order valence-electron chi connectivity index (χ0n) is 19.8. The van der Waals surface area contributed by atoms with E-state index in [1.165, 1.54) is 16.5 Å². The fraction of sp³-hybridized carbons (Fsp3) is 0.407. The van der Waals surface area contributed by atoms with Crippen molar-refractivity contribution in [1.82, 2.24) is 30.0 Å². The summed E-state index contributed by atoms with van der Waals surface area (Å²) in [6.45, 7) is 5.42. The number of hydrogen-bond acceptors (Lipinski definition) is 5. The van der Waals surface area contributed by atoms with Crippen molar-refractivity contribution in [2.45, 2.75) is 50.8 Å². The van der Waals surface area contributed by atoms with Crippen LogP contribution in [0, 0.1) is 0 Å². The van der Waals surface area contributed by atoms with Gasteiger partial charge in [-0.15, -0.1) is 10.2 Å². The number of H-pyrrole nitrogens is 1. The molecule has 0 saturated carbocycles. The summed E-state index contributed by atoms with van der Waals surface area (Å²) in [4.78, 5) is 5.99. The van der Waals surface area contributed by atoms with Gasteiger partial charge in [0, 0.05) is 34.9 Å². The molecule has 5 rings (SSSR count). The summed E-state index contributed by atoms with van der Waals surface area (Å²) < 4.78 is 1.94. The summed E-state index contributed by atoms with van der Waals surface area (Å²) in [6, 6.07) is 16.9. The second kappa shape index (κ2) is 10.5. The third-order valence-corrected chi connectivity index (χ3v) is 7.09. The summed E-state index contributed by atoms with van der Waals surface area (Å²) in [6.07, 6.45) is 9.60. The number of nitrogens with one attached hydrogen (secondary N) is 2. The van der Waals surface area contributed by atoms with E-state index in [0.717, 1.165) is 56.6 Å². The molecule has 178 valence electrons. The SMILES string of the molecule is C[C@@H](NC1CCN(CCCc2c[nH]c3ccc(-n4cnnc4)cc23)CC1)[C@@H](O)c1ccccc1. The normalized spacial score (nSPS) is 17.2. The molecule has 3 heterocycles. The first kappa shape index (κ1) is 22.8. The molecule has 34 heavy (non-hydrogen) atoms. The zero-order chi connectivity index (χ0) is 23.3. The lowest BCUT2D eigenvalue weighted by Gasteiger charge is -2.35. The maximum absolute atomic E-state index is 10.6. The highest BCUT2D eigenvalue weighted by Gasteiger charge is 2.23. The highest BCUT2D eigenvalue weighted by atomic mass is 16.3. The predicted octanol–water partition coefficient (Wildman–Crippen LogP) is 3.86. The fourth-order valence-corrected chi connectivity index (χ4v) is 5.09. The minimum absolute atomic E-state index is 0.0452. The van der Waals surface area contributed by atoms with E-state index in [0.29, 0.717) is 6.04 Å². The molecule has 0 amide bonds. The molecule has 2 aromatic heterocycles. The van der Waals surface area contributed by atoms with Crippen molar-refractivity contribution in [1.29, 1.82) is 0 Å². The van der Waals surface area contributed by atoms with Gasteiger partial charge < -0.3 is 20.3 Å². The number of aliphatic hydroxyl groups excluding tert-OH is 1. The Labute approximate surface area is 200 Å². The lowest BCUT2D eigenvalue weighted by Crippen LogP contribution is -2.47. The Morgan fingerprint density at radius 1 is 1.09 bits per heavy atom. The third-order valence-electron chi connectivity index (χ3n) is 7.09. The average molecular weight is 459 g/mol. The molecule has 0 spiro atoms. The number of hydrogen-bond donors (Lipinski definition) is 3. The Morgan fingerprint density at radius 3 is 2.62 bits per heavy atom. The monoisotopic (exact) mass is 458 g/mol. The van der Waals surface area contributed by atoms with Gasteiger partial charge in [0.2, 0.25) is 0 Å². The highest BCUT2D eigenvalue weighted by molar-refractivity contribution is 5.85.